The predicted octanol–water partition coefficient (Wildman–Crippen LogP) is 1.54. The van der Waals surface area contributed by atoms with Gasteiger partial charge in [0.2, 0.25) is 5.91 Å². The number of rotatable bonds is 3. The Balaban J connectivity index is 1.65. The number of aliphatic hydroxyl groups excluding tert-OH is 1. The highest BCUT2D eigenvalue weighted by atomic mass is 16.6. The van der Waals surface area contributed by atoms with E-state index in [1.807, 2.05) is 11.0 Å². The predicted molar refractivity (Wildman–Crippen MR) is 76.1 cm³/mol. The molecule has 3 saturated carbocycles. The zero-order valence-corrected chi connectivity index (χ0v) is 12.3. The molecule has 2 saturated heterocycles. The van der Waals surface area contributed by atoms with Crippen molar-refractivity contribution in [2.75, 3.05) is 6.54 Å². The molecule has 2 aliphatic heterocycles. The summed E-state index contributed by atoms with van der Waals surface area (Å²) >= 11 is 0. The molecule has 0 spiro atoms. The van der Waals surface area contributed by atoms with Gasteiger partial charge < -0.3 is 14.7 Å². The van der Waals surface area contributed by atoms with Gasteiger partial charge in [0.05, 0.1) is 18.1 Å². The van der Waals surface area contributed by atoms with Gasteiger partial charge in [-0.25, -0.2) is 0 Å². The van der Waals surface area contributed by atoms with Gasteiger partial charge in [0.25, 0.3) is 0 Å². The Morgan fingerprint density at radius 2 is 2.14 bits per heavy atom. The summed E-state index contributed by atoms with van der Waals surface area (Å²) in [6.45, 7) is 4.43. The Morgan fingerprint density at radius 3 is 2.86 bits per heavy atom. The Morgan fingerprint density at radius 1 is 1.38 bits per heavy atom. The molecule has 7 unspecified atom stereocenters. The van der Waals surface area contributed by atoms with Crippen molar-refractivity contribution in [2.45, 2.75) is 50.0 Å². The van der Waals surface area contributed by atoms with Crippen LogP contribution >= 0.6 is 0 Å². The Bertz CT molecular complexity index is 514. The molecule has 0 aromatic rings. The first-order chi connectivity index (χ1) is 10.2. The summed E-state index contributed by atoms with van der Waals surface area (Å²) in [4.78, 5) is 15.0. The maximum Gasteiger partial charge on any atom is 0.229 e. The van der Waals surface area contributed by atoms with Gasteiger partial charge in [0, 0.05) is 18.4 Å². The van der Waals surface area contributed by atoms with Crippen LogP contribution in [0, 0.1) is 29.6 Å². The van der Waals surface area contributed by atoms with Gasteiger partial charge >= 0.3 is 0 Å². The van der Waals surface area contributed by atoms with E-state index in [0.717, 1.165) is 19.3 Å². The summed E-state index contributed by atoms with van der Waals surface area (Å²) in [6, 6.07) is 0. The molecule has 7 atom stereocenters. The van der Waals surface area contributed by atoms with Crippen LogP contribution in [0.15, 0.2) is 12.7 Å². The number of fused-ring (bicyclic) bond motifs is 2. The van der Waals surface area contributed by atoms with Gasteiger partial charge in [-0.3, -0.25) is 4.79 Å². The first-order valence-electron chi connectivity index (χ1n) is 8.48. The Kier molecular flexibility index (Phi) is 2.35. The van der Waals surface area contributed by atoms with Crippen LogP contribution in [0.25, 0.3) is 0 Å². The molecule has 0 aromatic carbocycles. The standard InChI is InChI=1S/C17H23NO3/c1-2-7-18-16(20)12-10-8-11-13(12)17(18,9-5-3-4-6-9)21-15(11)14(10)19/h2,9-15,19H,1,3-8H2. The first-order valence-corrected chi connectivity index (χ1v) is 8.48. The zero-order chi connectivity index (χ0) is 14.4. The monoisotopic (exact) mass is 289 g/mol. The molecule has 0 aromatic heterocycles. The third kappa shape index (κ3) is 1.21. The highest BCUT2D eigenvalue weighted by molar-refractivity contribution is 5.85. The van der Waals surface area contributed by atoms with Crippen molar-refractivity contribution in [3.63, 3.8) is 0 Å². The molecular formula is C17H23NO3. The van der Waals surface area contributed by atoms with Gasteiger partial charge in [-0.15, -0.1) is 6.58 Å². The summed E-state index contributed by atoms with van der Waals surface area (Å²) < 4.78 is 6.56. The number of amides is 1. The average Bonchev–Trinajstić information content (AvgIpc) is 3.20. The maximum absolute atomic E-state index is 13.0. The summed E-state index contributed by atoms with van der Waals surface area (Å²) in [6.07, 6.45) is 7.16. The van der Waals surface area contributed by atoms with Crippen molar-refractivity contribution in [1.82, 2.24) is 4.90 Å². The lowest BCUT2D eigenvalue weighted by Crippen LogP contribution is -2.54. The largest absolute Gasteiger partial charge is 0.390 e. The van der Waals surface area contributed by atoms with Crippen LogP contribution in [0.2, 0.25) is 0 Å². The molecular weight excluding hydrogens is 266 g/mol. The molecule has 1 amide bonds. The van der Waals surface area contributed by atoms with Crippen molar-refractivity contribution in [3.05, 3.63) is 12.7 Å². The van der Waals surface area contributed by atoms with E-state index in [1.54, 1.807) is 0 Å². The number of aliphatic hydroxyl groups is 1. The molecule has 1 N–H and O–H groups in total. The van der Waals surface area contributed by atoms with E-state index in [-0.39, 0.29) is 23.8 Å². The lowest BCUT2D eigenvalue weighted by atomic mass is 9.73. The van der Waals surface area contributed by atoms with Crippen LogP contribution in [0.4, 0.5) is 0 Å². The number of ether oxygens (including phenoxy) is 1. The molecule has 4 heteroatoms. The van der Waals surface area contributed by atoms with E-state index < -0.39 is 11.8 Å². The van der Waals surface area contributed by atoms with Crippen LogP contribution in [0.3, 0.4) is 0 Å². The van der Waals surface area contributed by atoms with E-state index in [2.05, 4.69) is 6.58 Å². The number of carbonyl (C=O) groups excluding carboxylic acids is 1. The molecule has 5 fully saturated rings. The minimum atomic E-state index is -0.423. The second-order valence-corrected chi connectivity index (χ2v) is 7.66. The van der Waals surface area contributed by atoms with Crippen molar-refractivity contribution >= 4 is 5.91 Å². The van der Waals surface area contributed by atoms with E-state index >= 15 is 0 Å². The molecule has 5 aliphatic rings. The molecule has 4 nitrogen and oxygen atoms in total. The van der Waals surface area contributed by atoms with Crippen LogP contribution in [-0.4, -0.2) is 40.4 Å². The summed E-state index contributed by atoms with van der Waals surface area (Å²) in [5.74, 6) is 1.53. The van der Waals surface area contributed by atoms with Gasteiger partial charge in [-0.1, -0.05) is 18.9 Å². The van der Waals surface area contributed by atoms with Crippen LogP contribution in [0.1, 0.15) is 32.1 Å². The fourth-order valence-corrected chi connectivity index (χ4v) is 6.57. The summed E-state index contributed by atoms with van der Waals surface area (Å²) in [5, 5.41) is 10.5. The minimum absolute atomic E-state index is 0.00398. The second-order valence-electron chi connectivity index (χ2n) is 7.66. The molecule has 2 heterocycles. The highest BCUT2D eigenvalue weighted by Gasteiger charge is 2.79. The first kappa shape index (κ1) is 12.7. The van der Waals surface area contributed by atoms with Crippen molar-refractivity contribution in [3.8, 4) is 0 Å². The topological polar surface area (TPSA) is 49.8 Å². The fourth-order valence-electron chi connectivity index (χ4n) is 6.57. The third-order valence-corrected chi connectivity index (χ3v) is 7.08. The number of carbonyl (C=O) groups is 1. The van der Waals surface area contributed by atoms with Crippen molar-refractivity contribution in [1.29, 1.82) is 0 Å². The quantitative estimate of drug-likeness (QED) is 0.802. The van der Waals surface area contributed by atoms with Gasteiger partial charge in [0.15, 0.2) is 5.72 Å². The third-order valence-electron chi connectivity index (χ3n) is 7.08. The van der Waals surface area contributed by atoms with Crippen molar-refractivity contribution < 1.29 is 14.6 Å². The van der Waals surface area contributed by atoms with Crippen LogP contribution in [0.5, 0.6) is 0 Å². The van der Waals surface area contributed by atoms with Gasteiger partial charge in [-0.2, -0.15) is 0 Å². The smallest absolute Gasteiger partial charge is 0.229 e. The normalized spacial score (nSPS) is 54.1. The molecule has 5 rings (SSSR count). The lowest BCUT2D eigenvalue weighted by Gasteiger charge is -2.43. The Hall–Kier alpha value is -0.870. The molecule has 114 valence electrons. The SMILES string of the molecule is C=CCN1C(=O)C2C3CC4C(OC1(C1CCCC1)C42)C3O. The Labute approximate surface area is 125 Å². The zero-order valence-electron chi connectivity index (χ0n) is 12.3. The number of likely N-dealkylation sites (tertiary alicyclic amines) is 1. The number of hydrogen-bond donors (Lipinski definition) is 1. The highest BCUT2D eigenvalue weighted by Crippen LogP contribution is 2.70. The van der Waals surface area contributed by atoms with Crippen LogP contribution < -0.4 is 0 Å². The number of nitrogens with zero attached hydrogens (tertiary/aromatic N) is 1. The molecule has 0 radical (unpaired) electrons. The van der Waals surface area contributed by atoms with E-state index in [9.17, 15) is 9.90 Å². The second kappa shape index (κ2) is 3.90. The van der Waals surface area contributed by atoms with E-state index in [1.165, 1.54) is 12.8 Å². The molecule has 3 aliphatic carbocycles. The van der Waals surface area contributed by atoms with Crippen molar-refractivity contribution in [2.24, 2.45) is 29.6 Å². The average molecular weight is 289 g/mol. The minimum Gasteiger partial charge on any atom is -0.390 e. The summed E-state index contributed by atoms with van der Waals surface area (Å²) in [5.41, 5.74) is -0.423. The number of hydrogen-bond acceptors (Lipinski definition) is 3. The summed E-state index contributed by atoms with van der Waals surface area (Å²) in [7, 11) is 0. The lowest BCUT2D eigenvalue weighted by molar-refractivity contribution is -0.194. The molecule has 2 bridgehead atoms. The molecule has 21 heavy (non-hydrogen) atoms. The van der Waals surface area contributed by atoms with Gasteiger partial charge in [0.1, 0.15) is 0 Å². The maximum atomic E-state index is 13.0. The fraction of sp³-hybridized carbons (Fsp3) is 0.824. The van der Waals surface area contributed by atoms with E-state index in [0.29, 0.717) is 24.3 Å². The van der Waals surface area contributed by atoms with E-state index in [4.69, 9.17) is 4.74 Å². The van der Waals surface area contributed by atoms with Crippen LogP contribution in [-0.2, 0) is 9.53 Å². The van der Waals surface area contributed by atoms with Gasteiger partial charge in [-0.05, 0) is 31.1 Å².